The van der Waals surface area contributed by atoms with E-state index in [2.05, 4.69) is 34.2 Å². The second-order valence-electron chi connectivity index (χ2n) is 5.09. The fourth-order valence-corrected chi connectivity index (χ4v) is 3.26. The van der Waals surface area contributed by atoms with Gasteiger partial charge in [-0.05, 0) is 56.8 Å². The van der Waals surface area contributed by atoms with Crippen LogP contribution < -0.4 is 5.32 Å². The summed E-state index contributed by atoms with van der Waals surface area (Å²) in [6.45, 7) is 2.84. The average molecular weight is 347 g/mol. The van der Waals surface area contributed by atoms with Gasteiger partial charge < -0.3 is 10.1 Å². The van der Waals surface area contributed by atoms with Crippen LogP contribution in [0.15, 0.2) is 22.7 Å². The minimum absolute atomic E-state index is 0.301. The predicted octanol–water partition coefficient (Wildman–Crippen LogP) is 4.05. The SMILES string of the molecule is CCOC(C1CC1)C(Cc1ccc(Br)cc1Cl)NC. The van der Waals surface area contributed by atoms with Crippen LogP contribution in [0.25, 0.3) is 0 Å². The largest absolute Gasteiger partial charge is 0.377 e. The molecule has 106 valence electrons. The lowest BCUT2D eigenvalue weighted by Crippen LogP contribution is -2.42. The second-order valence-corrected chi connectivity index (χ2v) is 6.42. The number of hydrogen-bond donors (Lipinski definition) is 1. The number of hydrogen-bond acceptors (Lipinski definition) is 2. The molecule has 1 fully saturated rings. The molecular formula is C15H21BrClNO. The summed E-state index contributed by atoms with van der Waals surface area (Å²) in [6.07, 6.45) is 3.78. The van der Waals surface area contributed by atoms with E-state index in [1.807, 2.05) is 19.2 Å². The van der Waals surface area contributed by atoms with Crippen molar-refractivity contribution in [3.63, 3.8) is 0 Å². The van der Waals surface area contributed by atoms with Crippen LogP contribution in [0.5, 0.6) is 0 Å². The molecule has 2 nitrogen and oxygen atoms in total. The Morgan fingerprint density at radius 2 is 2.21 bits per heavy atom. The van der Waals surface area contributed by atoms with Crippen LogP contribution in [-0.2, 0) is 11.2 Å². The maximum absolute atomic E-state index is 6.31. The highest BCUT2D eigenvalue weighted by atomic mass is 79.9. The van der Waals surface area contributed by atoms with E-state index in [1.165, 1.54) is 18.4 Å². The van der Waals surface area contributed by atoms with E-state index in [-0.39, 0.29) is 0 Å². The molecular weight excluding hydrogens is 326 g/mol. The Morgan fingerprint density at radius 1 is 1.47 bits per heavy atom. The molecule has 0 heterocycles. The molecule has 1 saturated carbocycles. The van der Waals surface area contributed by atoms with E-state index in [0.717, 1.165) is 22.5 Å². The standard InChI is InChI=1S/C15H21BrClNO/c1-3-19-15(10-4-5-10)14(18-2)8-11-6-7-12(16)9-13(11)17/h6-7,9-10,14-15,18H,3-5,8H2,1-2H3. The lowest BCUT2D eigenvalue weighted by atomic mass is 9.98. The smallest absolute Gasteiger partial charge is 0.0759 e. The van der Waals surface area contributed by atoms with Crippen LogP contribution >= 0.6 is 27.5 Å². The van der Waals surface area contributed by atoms with Gasteiger partial charge in [-0.1, -0.05) is 33.6 Å². The summed E-state index contributed by atoms with van der Waals surface area (Å²) in [5, 5.41) is 4.22. The maximum atomic E-state index is 6.31. The molecule has 1 aromatic carbocycles. The van der Waals surface area contributed by atoms with Gasteiger partial charge in [-0.2, -0.15) is 0 Å². The summed E-state index contributed by atoms with van der Waals surface area (Å²) < 4.78 is 6.96. The molecule has 1 aliphatic carbocycles. The number of rotatable bonds is 7. The van der Waals surface area contributed by atoms with E-state index < -0.39 is 0 Å². The third-order valence-corrected chi connectivity index (χ3v) is 4.51. The van der Waals surface area contributed by atoms with E-state index >= 15 is 0 Å². The molecule has 1 N–H and O–H groups in total. The Balaban J connectivity index is 2.08. The number of benzene rings is 1. The first kappa shape index (κ1) is 15.3. The first-order chi connectivity index (χ1) is 9.15. The summed E-state index contributed by atoms with van der Waals surface area (Å²) >= 11 is 9.75. The van der Waals surface area contributed by atoms with E-state index in [1.54, 1.807) is 0 Å². The highest BCUT2D eigenvalue weighted by Gasteiger charge is 2.36. The van der Waals surface area contributed by atoms with Gasteiger partial charge in [-0.25, -0.2) is 0 Å². The second kappa shape index (κ2) is 7.07. The normalized spacial score (nSPS) is 18.3. The van der Waals surface area contributed by atoms with Crippen LogP contribution in [0.2, 0.25) is 5.02 Å². The van der Waals surface area contributed by atoms with Crippen molar-refractivity contribution in [1.29, 1.82) is 0 Å². The molecule has 4 heteroatoms. The van der Waals surface area contributed by atoms with Crippen molar-refractivity contribution in [2.24, 2.45) is 5.92 Å². The zero-order chi connectivity index (χ0) is 13.8. The zero-order valence-electron chi connectivity index (χ0n) is 11.5. The molecule has 0 aromatic heterocycles. The van der Waals surface area contributed by atoms with Crippen LogP contribution in [-0.4, -0.2) is 25.8 Å². The fourth-order valence-electron chi connectivity index (χ4n) is 2.50. The van der Waals surface area contributed by atoms with Crippen molar-refractivity contribution >= 4 is 27.5 Å². The molecule has 19 heavy (non-hydrogen) atoms. The van der Waals surface area contributed by atoms with Crippen LogP contribution in [0.4, 0.5) is 0 Å². The molecule has 1 aromatic rings. The van der Waals surface area contributed by atoms with Gasteiger partial charge in [0.25, 0.3) is 0 Å². The monoisotopic (exact) mass is 345 g/mol. The van der Waals surface area contributed by atoms with Gasteiger partial charge in [0.05, 0.1) is 6.10 Å². The summed E-state index contributed by atoms with van der Waals surface area (Å²) in [5.41, 5.74) is 1.18. The van der Waals surface area contributed by atoms with Crippen molar-refractivity contribution in [3.8, 4) is 0 Å². The summed E-state index contributed by atoms with van der Waals surface area (Å²) in [6, 6.07) is 6.41. The Bertz CT molecular complexity index is 423. The summed E-state index contributed by atoms with van der Waals surface area (Å²) in [5.74, 6) is 0.714. The molecule has 1 aliphatic rings. The zero-order valence-corrected chi connectivity index (χ0v) is 13.8. The first-order valence-corrected chi connectivity index (χ1v) is 8.05. The van der Waals surface area contributed by atoms with Gasteiger partial charge in [-0.15, -0.1) is 0 Å². The third-order valence-electron chi connectivity index (χ3n) is 3.67. The van der Waals surface area contributed by atoms with Gasteiger partial charge in [-0.3, -0.25) is 0 Å². The fraction of sp³-hybridized carbons (Fsp3) is 0.600. The maximum Gasteiger partial charge on any atom is 0.0759 e. The van der Waals surface area contributed by atoms with E-state index in [0.29, 0.717) is 18.1 Å². The summed E-state index contributed by atoms with van der Waals surface area (Å²) in [4.78, 5) is 0. The third kappa shape index (κ3) is 4.19. The molecule has 0 saturated heterocycles. The number of likely N-dealkylation sites (N-methyl/N-ethyl adjacent to an activating group) is 1. The van der Waals surface area contributed by atoms with Crippen molar-refractivity contribution < 1.29 is 4.74 Å². The lowest BCUT2D eigenvalue weighted by Gasteiger charge is -2.27. The van der Waals surface area contributed by atoms with E-state index in [9.17, 15) is 0 Å². The van der Waals surface area contributed by atoms with Gasteiger partial charge in [0, 0.05) is 22.1 Å². The van der Waals surface area contributed by atoms with Crippen LogP contribution in [0, 0.1) is 5.92 Å². The van der Waals surface area contributed by atoms with Gasteiger partial charge in [0.1, 0.15) is 0 Å². The number of nitrogens with one attached hydrogen (secondary N) is 1. The molecule has 0 spiro atoms. The van der Waals surface area contributed by atoms with Gasteiger partial charge in [0.15, 0.2) is 0 Å². The average Bonchev–Trinajstić information content (AvgIpc) is 3.20. The minimum Gasteiger partial charge on any atom is -0.377 e. The quantitative estimate of drug-likeness (QED) is 0.804. The molecule has 0 bridgehead atoms. The Labute approximate surface area is 129 Å². The highest BCUT2D eigenvalue weighted by molar-refractivity contribution is 9.10. The van der Waals surface area contributed by atoms with Crippen molar-refractivity contribution in [2.45, 2.75) is 38.3 Å². The summed E-state index contributed by atoms with van der Waals surface area (Å²) in [7, 11) is 2.01. The molecule has 2 unspecified atom stereocenters. The highest BCUT2D eigenvalue weighted by Crippen LogP contribution is 2.37. The molecule has 0 amide bonds. The van der Waals surface area contributed by atoms with Crippen molar-refractivity contribution in [1.82, 2.24) is 5.32 Å². The topological polar surface area (TPSA) is 21.3 Å². The molecule has 0 radical (unpaired) electrons. The minimum atomic E-state index is 0.301. The Morgan fingerprint density at radius 3 is 2.74 bits per heavy atom. The first-order valence-electron chi connectivity index (χ1n) is 6.88. The Hall–Kier alpha value is -0.0900. The van der Waals surface area contributed by atoms with Gasteiger partial charge >= 0.3 is 0 Å². The van der Waals surface area contributed by atoms with Crippen molar-refractivity contribution in [3.05, 3.63) is 33.3 Å². The lowest BCUT2D eigenvalue weighted by molar-refractivity contribution is 0.0211. The Kier molecular flexibility index (Phi) is 5.70. The van der Waals surface area contributed by atoms with Gasteiger partial charge in [0.2, 0.25) is 0 Å². The number of halogens is 2. The molecule has 2 rings (SSSR count). The van der Waals surface area contributed by atoms with Crippen LogP contribution in [0.3, 0.4) is 0 Å². The molecule has 2 atom stereocenters. The van der Waals surface area contributed by atoms with Crippen LogP contribution in [0.1, 0.15) is 25.3 Å². The predicted molar refractivity (Wildman–Crippen MR) is 83.8 cm³/mol. The van der Waals surface area contributed by atoms with E-state index in [4.69, 9.17) is 16.3 Å². The van der Waals surface area contributed by atoms with Crippen molar-refractivity contribution in [2.75, 3.05) is 13.7 Å². The number of ether oxygens (including phenoxy) is 1. The molecule has 0 aliphatic heterocycles.